The van der Waals surface area contributed by atoms with E-state index in [9.17, 15) is 18.0 Å². The van der Waals surface area contributed by atoms with E-state index in [0.29, 0.717) is 16.9 Å². The molecule has 0 saturated carbocycles. The molecule has 2 aromatic carbocycles. The second kappa shape index (κ2) is 10.4. The lowest BCUT2D eigenvalue weighted by Gasteiger charge is -2.19. The van der Waals surface area contributed by atoms with Crippen molar-refractivity contribution in [2.75, 3.05) is 12.0 Å². The molecule has 3 N–H and O–H groups in total. The van der Waals surface area contributed by atoms with Crippen LogP contribution < -0.4 is 15.6 Å². The maximum atomic E-state index is 13.0. The van der Waals surface area contributed by atoms with Crippen LogP contribution in [0.4, 0.5) is 0 Å². The predicted octanol–water partition coefficient (Wildman–Crippen LogP) is 2.66. The summed E-state index contributed by atoms with van der Waals surface area (Å²) < 4.78 is 30.3. The molecule has 1 unspecified atom stereocenters. The van der Waals surface area contributed by atoms with Gasteiger partial charge in [-0.3, -0.25) is 20.4 Å². The number of fused-ring (bicyclic) bond motifs is 1. The van der Waals surface area contributed by atoms with E-state index >= 15 is 0 Å². The van der Waals surface area contributed by atoms with Gasteiger partial charge in [-0.15, -0.1) is 0 Å². The Morgan fingerprint density at radius 3 is 2.55 bits per heavy atom. The predicted molar refractivity (Wildman–Crippen MR) is 132 cm³/mol. The maximum absolute atomic E-state index is 13.0. The van der Waals surface area contributed by atoms with Crippen LogP contribution in [0.3, 0.4) is 0 Å². The van der Waals surface area contributed by atoms with E-state index in [1.807, 2.05) is 48.2 Å². The summed E-state index contributed by atoms with van der Waals surface area (Å²) in [7, 11) is -2.11. The van der Waals surface area contributed by atoms with Crippen LogP contribution in [0.15, 0.2) is 53.6 Å². The number of aromatic nitrogens is 1. The van der Waals surface area contributed by atoms with E-state index in [2.05, 4.69) is 15.6 Å². The molecular formula is C23H28N4O4S2. The number of sulfonamides is 1. The lowest BCUT2D eigenvalue weighted by molar-refractivity contribution is -0.123. The number of carbonyl (C=O) groups is 2. The van der Waals surface area contributed by atoms with Crippen molar-refractivity contribution in [2.24, 2.45) is 7.05 Å². The molecule has 2 amide bonds. The molecule has 0 spiro atoms. The van der Waals surface area contributed by atoms with Gasteiger partial charge >= 0.3 is 0 Å². The first kappa shape index (κ1) is 24.8. The molecule has 0 radical (unpaired) electrons. The summed E-state index contributed by atoms with van der Waals surface area (Å²) in [5.74, 6) is -0.558. The summed E-state index contributed by atoms with van der Waals surface area (Å²) in [6.45, 7) is 3.51. The minimum atomic E-state index is -3.94. The summed E-state index contributed by atoms with van der Waals surface area (Å²) in [6.07, 6.45) is 3.82. The monoisotopic (exact) mass is 488 g/mol. The highest BCUT2D eigenvalue weighted by atomic mass is 32.2. The van der Waals surface area contributed by atoms with Crippen molar-refractivity contribution in [1.29, 1.82) is 0 Å². The summed E-state index contributed by atoms with van der Waals surface area (Å²) in [6, 6.07) is 11.5. The van der Waals surface area contributed by atoms with Crippen molar-refractivity contribution in [1.82, 2.24) is 20.1 Å². The van der Waals surface area contributed by atoms with Crippen molar-refractivity contribution in [2.45, 2.75) is 31.2 Å². The lowest BCUT2D eigenvalue weighted by Crippen LogP contribution is -2.52. The zero-order valence-electron chi connectivity index (χ0n) is 19.0. The van der Waals surface area contributed by atoms with Crippen LogP contribution >= 0.6 is 11.8 Å². The van der Waals surface area contributed by atoms with Crippen molar-refractivity contribution >= 4 is 44.5 Å². The summed E-state index contributed by atoms with van der Waals surface area (Å²) in [4.78, 5) is 25.7. The Morgan fingerprint density at radius 2 is 1.82 bits per heavy atom. The standard InChI is InChI=1S/C23H28N4O4S2/c1-15-9-10-16(2)21(13-15)33(30,31)26-19(11-12-32-4)23(29)25-24-22(28)18-14-27(3)20-8-6-5-7-17(18)20/h5-10,13-14,19,26H,11-12H2,1-4H3,(H,24,28)(H,25,29). The van der Waals surface area contributed by atoms with Crippen LogP contribution in [0, 0.1) is 13.8 Å². The third-order valence-corrected chi connectivity index (χ3v) is 7.56. The summed E-state index contributed by atoms with van der Waals surface area (Å²) in [5.41, 5.74) is 7.47. The van der Waals surface area contributed by atoms with Crippen LogP contribution in [0.25, 0.3) is 10.9 Å². The van der Waals surface area contributed by atoms with Gasteiger partial charge < -0.3 is 4.57 Å². The van der Waals surface area contributed by atoms with Crippen molar-refractivity contribution < 1.29 is 18.0 Å². The molecule has 0 bridgehead atoms. The van der Waals surface area contributed by atoms with Crippen LogP contribution in [-0.4, -0.2) is 42.8 Å². The molecule has 0 fully saturated rings. The Hall–Kier alpha value is -2.82. The molecule has 8 nitrogen and oxygen atoms in total. The molecule has 1 heterocycles. The number of thioether (sulfide) groups is 1. The number of rotatable bonds is 8. The number of carbonyl (C=O) groups excluding carboxylic acids is 2. The number of hydrogen-bond donors (Lipinski definition) is 3. The van der Waals surface area contributed by atoms with E-state index in [4.69, 9.17) is 0 Å². The van der Waals surface area contributed by atoms with E-state index < -0.39 is 27.9 Å². The molecule has 33 heavy (non-hydrogen) atoms. The summed E-state index contributed by atoms with van der Waals surface area (Å²) >= 11 is 1.50. The number of hydrazine groups is 1. The minimum Gasteiger partial charge on any atom is -0.350 e. The summed E-state index contributed by atoms with van der Waals surface area (Å²) in [5, 5.41) is 0.751. The Morgan fingerprint density at radius 1 is 1.09 bits per heavy atom. The molecule has 3 rings (SSSR count). The molecular weight excluding hydrogens is 460 g/mol. The van der Waals surface area contributed by atoms with Gasteiger partial charge in [-0.2, -0.15) is 16.5 Å². The van der Waals surface area contributed by atoms with Gasteiger partial charge in [-0.25, -0.2) is 8.42 Å². The average molecular weight is 489 g/mol. The first-order valence-electron chi connectivity index (χ1n) is 10.4. The minimum absolute atomic E-state index is 0.129. The third-order valence-electron chi connectivity index (χ3n) is 5.30. The number of nitrogens with one attached hydrogen (secondary N) is 3. The zero-order chi connectivity index (χ0) is 24.2. The lowest BCUT2D eigenvalue weighted by atomic mass is 10.2. The first-order valence-corrected chi connectivity index (χ1v) is 13.2. The number of nitrogens with zero attached hydrogens (tertiary/aromatic N) is 1. The number of hydrogen-bond acceptors (Lipinski definition) is 5. The SMILES string of the molecule is CSCCC(NS(=O)(=O)c1cc(C)ccc1C)C(=O)NNC(=O)c1cn(C)c2ccccc12. The largest absolute Gasteiger partial charge is 0.350 e. The highest BCUT2D eigenvalue weighted by Gasteiger charge is 2.27. The molecule has 1 aromatic heterocycles. The number of para-hydroxylation sites is 1. The van der Waals surface area contributed by atoms with E-state index in [1.165, 1.54) is 11.8 Å². The average Bonchev–Trinajstić information content (AvgIpc) is 3.13. The highest BCUT2D eigenvalue weighted by molar-refractivity contribution is 7.98. The third kappa shape index (κ3) is 5.76. The molecule has 3 aromatic rings. The van der Waals surface area contributed by atoms with E-state index in [0.717, 1.165) is 16.5 Å². The van der Waals surface area contributed by atoms with E-state index in [-0.39, 0.29) is 11.3 Å². The molecule has 10 heteroatoms. The van der Waals surface area contributed by atoms with Gasteiger partial charge in [0.2, 0.25) is 10.0 Å². The fourth-order valence-corrected chi connectivity index (χ4v) is 5.55. The van der Waals surface area contributed by atoms with E-state index in [1.54, 1.807) is 32.2 Å². The number of aryl methyl sites for hydroxylation is 3. The smallest absolute Gasteiger partial charge is 0.271 e. The molecule has 1 atom stereocenters. The Balaban J connectivity index is 1.75. The quantitative estimate of drug-likeness (QED) is 0.423. The maximum Gasteiger partial charge on any atom is 0.271 e. The van der Waals surface area contributed by atoms with Crippen LogP contribution in [0.1, 0.15) is 27.9 Å². The van der Waals surface area contributed by atoms with Gasteiger partial charge in [-0.05, 0) is 55.5 Å². The Kier molecular flexibility index (Phi) is 7.83. The van der Waals surface area contributed by atoms with Gasteiger partial charge in [0.05, 0.1) is 10.5 Å². The fourth-order valence-electron chi connectivity index (χ4n) is 3.52. The first-order chi connectivity index (χ1) is 15.6. The Labute approximate surface area is 198 Å². The van der Waals surface area contributed by atoms with Crippen LogP contribution in [0.5, 0.6) is 0 Å². The number of benzene rings is 2. The second-order valence-electron chi connectivity index (χ2n) is 7.84. The van der Waals surface area contributed by atoms with Crippen molar-refractivity contribution in [3.8, 4) is 0 Å². The van der Waals surface area contributed by atoms with Crippen molar-refractivity contribution in [3.63, 3.8) is 0 Å². The molecule has 0 aliphatic carbocycles. The van der Waals surface area contributed by atoms with Gasteiger partial charge in [0.15, 0.2) is 0 Å². The fraction of sp³-hybridized carbons (Fsp3) is 0.304. The van der Waals surface area contributed by atoms with Crippen LogP contribution in [0.2, 0.25) is 0 Å². The van der Waals surface area contributed by atoms with Crippen LogP contribution in [-0.2, 0) is 21.9 Å². The molecule has 0 saturated heterocycles. The Bertz CT molecular complexity index is 1280. The van der Waals surface area contributed by atoms with Gasteiger partial charge in [0, 0.05) is 24.1 Å². The normalized spacial score (nSPS) is 12.5. The highest BCUT2D eigenvalue weighted by Crippen LogP contribution is 2.20. The van der Waals surface area contributed by atoms with Gasteiger partial charge in [0.25, 0.3) is 11.8 Å². The second-order valence-corrected chi connectivity index (χ2v) is 10.5. The van der Waals surface area contributed by atoms with Gasteiger partial charge in [0.1, 0.15) is 6.04 Å². The topological polar surface area (TPSA) is 109 Å². The number of amides is 2. The van der Waals surface area contributed by atoms with Gasteiger partial charge in [-0.1, -0.05) is 30.3 Å². The molecule has 176 valence electrons. The zero-order valence-corrected chi connectivity index (χ0v) is 20.6. The molecule has 0 aliphatic heterocycles. The van der Waals surface area contributed by atoms with Crippen molar-refractivity contribution in [3.05, 3.63) is 65.4 Å². The molecule has 0 aliphatic rings.